The van der Waals surface area contributed by atoms with Gasteiger partial charge in [-0.25, -0.2) is 0 Å². The van der Waals surface area contributed by atoms with E-state index in [-0.39, 0.29) is 11.9 Å². The van der Waals surface area contributed by atoms with Gasteiger partial charge in [-0.3, -0.25) is 4.79 Å². The summed E-state index contributed by atoms with van der Waals surface area (Å²) in [6.45, 7) is 2.26. The molecule has 3 rings (SSSR count). The minimum atomic E-state index is 0.0194. The number of amides is 1. The first-order chi connectivity index (χ1) is 8.72. The Bertz CT molecular complexity index is 473. The molecule has 0 bridgehead atoms. The van der Waals surface area contributed by atoms with Gasteiger partial charge in [-0.2, -0.15) is 0 Å². The smallest absolute Gasteiger partial charge is 0.224 e. The van der Waals surface area contributed by atoms with E-state index < -0.39 is 0 Å². The Balaban J connectivity index is 1.62. The lowest BCUT2D eigenvalue weighted by atomic mass is 10.1. The standard InChI is InChI=1S/C14H18N2O2/c15-12-8-14(17)16(9-12)5-3-10-1-2-13-11(7-10)4-6-18-13/h1-2,7,12H,3-6,8-9,15H2. The van der Waals surface area contributed by atoms with E-state index in [9.17, 15) is 4.79 Å². The second-order valence-electron chi connectivity index (χ2n) is 5.09. The van der Waals surface area contributed by atoms with Crippen molar-refractivity contribution < 1.29 is 9.53 Å². The summed E-state index contributed by atoms with van der Waals surface area (Å²) in [5.74, 6) is 1.20. The van der Waals surface area contributed by atoms with Crippen LogP contribution < -0.4 is 10.5 Å². The van der Waals surface area contributed by atoms with Gasteiger partial charge >= 0.3 is 0 Å². The third kappa shape index (κ3) is 2.20. The topological polar surface area (TPSA) is 55.6 Å². The Labute approximate surface area is 107 Å². The first-order valence-electron chi connectivity index (χ1n) is 6.50. The predicted molar refractivity (Wildman–Crippen MR) is 68.5 cm³/mol. The second kappa shape index (κ2) is 4.61. The molecule has 1 aromatic carbocycles. The van der Waals surface area contributed by atoms with Gasteiger partial charge in [0.05, 0.1) is 6.61 Å². The van der Waals surface area contributed by atoms with Gasteiger partial charge in [0.2, 0.25) is 5.91 Å². The monoisotopic (exact) mass is 246 g/mol. The molecule has 1 aromatic rings. The zero-order valence-electron chi connectivity index (χ0n) is 10.4. The lowest BCUT2D eigenvalue weighted by Gasteiger charge is -2.16. The van der Waals surface area contributed by atoms with E-state index in [4.69, 9.17) is 10.5 Å². The first kappa shape index (κ1) is 11.5. The zero-order valence-corrected chi connectivity index (χ0v) is 10.4. The molecule has 4 heteroatoms. The molecule has 1 unspecified atom stereocenters. The fourth-order valence-corrected chi connectivity index (χ4v) is 2.68. The van der Waals surface area contributed by atoms with E-state index in [0.29, 0.717) is 13.0 Å². The number of carbonyl (C=O) groups is 1. The van der Waals surface area contributed by atoms with Gasteiger partial charge in [0.15, 0.2) is 0 Å². The van der Waals surface area contributed by atoms with Crippen molar-refractivity contribution in [1.82, 2.24) is 4.90 Å². The van der Waals surface area contributed by atoms with E-state index >= 15 is 0 Å². The maximum absolute atomic E-state index is 11.6. The molecule has 18 heavy (non-hydrogen) atoms. The molecule has 0 spiro atoms. The molecule has 1 atom stereocenters. The fourth-order valence-electron chi connectivity index (χ4n) is 2.68. The fraction of sp³-hybridized carbons (Fsp3) is 0.500. The van der Waals surface area contributed by atoms with Crippen molar-refractivity contribution in [2.75, 3.05) is 19.7 Å². The number of carbonyl (C=O) groups excluding carboxylic acids is 1. The maximum Gasteiger partial charge on any atom is 0.224 e. The minimum Gasteiger partial charge on any atom is -0.493 e. The Morgan fingerprint density at radius 1 is 1.44 bits per heavy atom. The summed E-state index contributed by atoms with van der Waals surface area (Å²) in [5.41, 5.74) is 8.34. The van der Waals surface area contributed by atoms with Crippen LogP contribution in [-0.2, 0) is 17.6 Å². The van der Waals surface area contributed by atoms with Gasteiger partial charge in [0.1, 0.15) is 5.75 Å². The quantitative estimate of drug-likeness (QED) is 0.855. The molecule has 4 nitrogen and oxygen atoms in total. The summed E-state index contributed by atoms with van der Waals surface area (Å²) in [6.07, 6.45) is 2.39. The molecule has 96 valence electrons. The van der Waals surface area contributed by atoms with Crippen molar-refractivity contribution in [3.05, 3.63) is 29.3 Å². The molecule has 2 aliphatic heterocycles. The molecule has 2 heterocycles. The Hall–Kier alpha value is -1.55. The molecular weight excluding hydrogens is 228 g/mol. The highest BCUT2D eigenvalue weighted by atomic mass is 16.5. The van der Waals surface area contributed by atoms with Crippen LogP contribution in [0.25, 0.3) is 0 Å². The predicted octanol–water partition coefficient (Wildman–Crippen LogP) is 0.724. The summed E-state index contributed by atoms with van der Waals surface area (Å²) in [4.78, 5) is 13.5. The first-order valence-corrected chi connectivity index (χ1v) is 6.50. The van der Waals surface area contributed by atoms with Crippen LogP contribution >= 0.6 is 0 Å². The minimum absolute atomic E-state index is 0.0194. The number of nitrogens with two attached hydrogens (primary N) is 1. The van der Waals surface area contributed by atoms with E-state index in [0.717, 1.165) is 31.7 Å². The number of benzene rings is 1. The van der Waals surface area contributed by atoms with Crippen molar-refractivity contribution >= 4 is 5.91 Å². The van der Waals surface area contributed by atoms with Gasteiger partial charge in [0.25, 0.3) is 0 Å². The zero-order chi connectivity index (χ0) is 12.5. The van der Waals surface area contributed by atoms with E-state index in [2.05, 4.69) is 12.1 Å². The molecule has 0 radical (unpaired) electrons. The largest absolute Gasteiger partial charge is 0.493 e. The Morgan fingerprint density at radius 2 is 2.33 bits per heavy atom. The summed E-state index contributed by atoms with van der Waals surface area (Å²) in [7, 11) is 0. The van der Waals surface area contributed by atoms with Crippen LogP contribution in [0.3, 0.4) is 0 Å². The molecule has 0 aromatic heterocycles. The van der Waals surface area contributed by atoms with Crippen molar-refractivity contribution in [2.45, 2.75) is 25.3 Å². The summed E-state index contributed by atoms with van der Waals surface area (Å²) < 4.78 is 5.48. The molecular formula is C14H18N2O2. The van der Waals surface area contributed by atoms with Crippen LogP contribution in [0.4, 0.5) is 0 Å². The van der Waals surface area contributed by atoms with Crippen molar-refractivity contribution in [1.29, 1.82) is 0 Å². The van der Waals surface area contributed by atoms with Crippen molar-refractivity contribution in [3.63, 3.8) is 0 Å². The second-order valence-corrected chi connectivity index (χ2v) is 5.09. The summed E-state index contributed by atoms with van der Waals surface area (Å²) in [6, 6.07) is 6.34. The lowest BCUT2D eigenvalue weighted by Crippen LogP contribution is -2.30. The number of hydrogen-bond acceptors (Lipinski definition) is 3. The van der Waals surface area contributed by atoms with Crippen molar-refractivity contribution in [3.8, 4) is 5.75 Å². The molecule has 2 aliphatic rings. The highest BCUT2D eigenvalue weighted by Crippen LogP contribution is 2.26. The Morgan fingerprint density at radius 3 is 3.11 bits per heavy atom. The van der Waals surface area contributed by atoms with Crippen LogP contribution in [0.1, 0.15) is 17.5 Å². The number of ether oxygens (including phenoxy) is 1. The van der Waals surface area contributed by atoms with Crippen LogP contribution in [0.2, 0.25) is 0 Å². The van der Waals surface area contributed by atoms with Crippen LogP contribution in [-0.4, -0.2) is 36.5 Å². The third-order valence-corrected chi connectivity index (χ3v) is 3.67. The van der Waals surface area contributed by atoms with Crippen molar-refractivity contribution in [2.24, 2.45) is 5.73 Å². The van der Waals surface area contributed by atoms with Crippen LogP contribution in [0, 0.1) is 0 Å². The van der Waals surface area contributed by atoms with Crippen LogP contribution in [0.5, 0.6) is 5.75 Å². The number of likely N-dealkylation sites (tertiary alicyclic amines) is 1. The van der Waals surface area contributed by atoms with E-state index in [1.807, 2.05) is 11.0 Å². The molecule has 1 fully saturated rings. The maximum atomic E-state index is 11.6. The van der Waals surface area contributed by atoms with Gasteiger partial charge in [-0.15, -0.1) is 0 Å². The normalized spacial score (nSPS) is 22.2. The van der Waals surface area contributed by atoms with E-state index in [1.165, 1.54) is 11.1 Å². The van der Waals surface area contributed by atoms with E-state index in [1.54, 1.807) is 0 Å². The van der Waals surface area contributed by atoms with Gasteiger partial charge in [0, 0.05) is 32.0 Å². The number of hydrogen-bond donors (Lipinski definition) is 1. The molecule has 1 amide bonds. The summed E-state index contributed by atoms with van der Waals surface area (Å²) in [5, 5.41) is 0. The highest BCUT2D eigenvalue weighted by Gasteiger charge is 2.26. The molecule has 0 saturated carbocycles. The average Bonchev–Trinajstić information content (AvgIpc) is 2.92. The highest BCUT2D eigenvalue weighted by molar-refractivity contribution is 5.79. The Kier molecular flexibility index (Phi) is 2.96. The number of rotatable bonds is 3. The number of fused-ring (bicyclic) bond motifs is 1. The third-order valence-electron chi connectivity index (χ3n) is 3.67. The summed E-state index contributed by atoms with van der Waals surface area (Å²) >= 11 is 0. The molecule has 2 N–H and O–H groups in total. The lowest BCUT2D eigenvalue weighted by molar-refractivity contribution is -0.127. The van der Waals surface area contributed by atoms with Crippen LogP contribution in [0.15, 0.2) is 18.2 Å². The van der Waals surface area contributed by atoms with Gasteiger partial charge < -0.3 is 15.4 Å². The average molecular weight is 246 g/mol. The van der Waals surface area contributed by atoms with Gasteiger partial charge in [-0.1, -0.05) is 12.1 Å². The molecule has 1 saturated heterocycles. The number of nitrogens with zero attached hydrogens (tertiary/aromatic N) is 1. The van der Waals surface area contributed by atoms with Gasteiger partial charge in [-0.05, 0) is 23.6 Å². The SMILES string of the molecule is NC1CC(=O)N(CCc2ccc3c(c2)CCO3)C1. The molecule has 0 aliphatic carbocycles.